The topological polar surface area (TPSA) is 59.3 Å². The predicted molar refractivity (Wildman–Crippen MR) is 104 cm³/mol. The highest BCUT2D eigenvalue weighted by Gasteiger charge is 2.13. The molecule has 0 saturated heterocycles. The first-order valence-electron chi connectivity index (χ1n) is 8.43. The van der Waals surface area contributed by atoms with Crippen molar-refractivity contribution in [2.24, 2.45) is 0 Å². The summed E-state index contributed by atoms with van der Waals surface area (Å²) in [6, 6.07) is 21.6. The number of esters is 1. The fourth-order valence-corrected chi connectivity index (χ4v) is 2.57. The number of methoxy groups -OCH3 is 1. The number of rotatable bonds is 5. The highest BCUT2D eigenvalue weighted by Crippen LogP contribution is 2.23. The number of carbonyl (C=O) groups is 1. The van der Waals surface area contributed by atoms with Gasteiger partial charge in [0, 0.05) is 0 Å². The van der Waals surface area contributed by atoms with E-state index in [4.69, 9.17) is 9.47 Å². The number of hydrogen-bond donors (Lipinski definition) is 0. The van der Waals surface area contributed by atoms with E-state index in [0.717, 1.165) is 5.56 Å². The number of halogens is 1. The summed E-state index contributed by atoms with van der Waals surface area (Å²) < 4.78 is 24.1. The Bertz CT molecular complexity index is 1070. The molecule has 0 amide bonds. The van der Waals surface area contributed by atoms with Crippen LogP contribution in [0.1, 0.15) is 21.5 Å². The third-order valence-electron chi connectivity index (χ3n) is 3.99. The molecule has 0 unspecified atom stereocenters. The molecular weight excluding hydrogens is 357 g/mol. The molecule has 0 N–H and O–H groups in total. The molecule has 4 nitrogen and oxygen atoms in total. The lowest BCUT2D eigenvalue weighted by molar-refractivity contribution is 0.0730. The average molecular weight is 373 g/mol. The second-order valence-corrected chi connectivity index (χ2v) is 5.84. The molecule has 0 aliphatic carbocycles. The molecule has 138 valence electrons. The first-order valence-corrected chi connectivity index (χ1v) is 8.43. The third-order valence-corrected chi connectivity index (χ3v) is 3.99. The van der Waals surface area contributed by atoms with Crippen LogP contribution in [0.15, 0.2) is 72.8 Å². The number of ether oxygens (including phenoxy) is 2. The van der Waals surface area contributed by atoms with Crippen LogP contribution in [-0.4, -0.2) is 13.1 Å². The SMILES string of the molecule is COc1ccc(/C(C#N)=C\c2cccc(OC(=O)c3ccccc3F)c2)cc1. The zero-order valence-electron chi connectivity index (χ0n) is 15.1. The first-order chi connectivity index (χ1) is 13.6. The van der Waals surface area contributed by atoms with Crippen molar-refractivity contribution in [3.8, 4) is 17.6 Å². The summed E-state index contributed by atoms with van der Waals surface area (Å²) in [5.74, 6) is -0.471. The zero-order chi connectivity index (χ0) is 19.9. The lowest BCUT2D eigenvalue weighted by Crippen LogP contribution is -2.10. The average Bonchev–Trinajstić information content (AvgIpc) is 2.72. The molecule has 0 aromatic heterocycles. The van der Waals surface area contributed by atoms with Crippen LogP contribution in [0.4, 0.5) is 4.39 Å². The van der Waals surface area contributed by atoms with Crippen molar-refractivity contribution in [3.05, 3.63) is 95.3 Å². The van der Waals surface area contributed by atoms with Crippen LogP contribution in [0.25, 0.3) is 11.6 Å². The van der Waals surface area contributed by atoms with E-state index < -0.39 is 11.8 Å². The summed E-state index contributed by atoms with van der Waals surface area (Å²) in [4.78, 5) is 12.2. The molecule has 3 aromatic rings. The van der Waals surface area contributed by atoms with E-state index in [2.05, 4.69) is 6.07 Å². The molecule has 5 heteroatoms. The van der Waals surface area contributed by atoms with Gasteiger partial charge < -0.3 is 9.47 Å². The molecule has 0 atom stereocenters. The lowest BCUT2D eigenvalue weighted by Gasteiger charge is -2.06. The highest BCUT2D eigenvalue weighted by molar-refractivity contribution is 5.92. The summed E-state index contributed by atoms with van der Waals surface area (Å²) in [5.41, 5.74) is 1.71. The molecule has 0 fully saturated rings. The van der Waals surface area contributed by atoms with Crippen LogP contribution in [0.3, 0.4) is 0 Å². The summed E-state index contributed by atoms with van der Waals surface area (Å²) in [7, 11) is 1.57. The van der Waals surface area contributed by atoms with Crippen molar-refractivity contribution in [1.82, 2.24) is 0 Å². The minimum absolute atomic E-state index is 0.139. The number of nitrogens with zero attached hydrogens (tertiary/aromatic N) is 1. The van der Waals surface area contributed by atoms with Crippen molar-refractivity contribution in [2.45, 2.75) is 0 Å². The van der Waals surface area contributed by atoms with E-state index >= 15 is 0 Å². The van der Waals surface area contributed by atoms with Gasteiger partial charge in [0.15, 0.2) is 0 Å². The van der Waals surface area contributed by atoms with Gasteiger partial charge in [0.05, 0.1) is 24.3 Å². The monoisotopic (exact) mass is 373 g/mol. The molecule has 0 saturated carbocycles. The van der Waals surface area contributed by atoms with Crippen LogP contribution < -0.4 is 9.47 Å². The van der Waals surface area contributed by atoms with Gasteiger partial charge in [0.1, 0.15) is 17.3 Å². The van der Waals surface area contributed by atoms with Gasteiger partial charge in [-0.3, -0.25) is 0 Å². The van der Waals surface area contributed by atoms with Crippen LogP contribution in [-0.2, 0) is 0 Å². The number of carbonyl (C=O) groups excluding carboxylic acids is 1. The van der Waals surface area contributed by atoms with Gasteiger partial charge in [0.25, 0.3) is 0 Å². The van der Waals surface area contributed by atoms with E-state index in [9.17, 15) is 14.4 Å². The van der Waals surface area contributed by atoms with Crippen molar-refractivity contribution in [1.29, 1.82) is 5.26 Å². The van der Waals surface area contributed by atoms with Crippen molar-refractivity contribution in [3.63, 3.8) is 0 Å². The van der Waals surface area contributed by atoms with Crippen LogP contribution in [0.2, 0.25) is 0 Å². The molecule has 3 aromatic carbocycles. The normalized spacial score (nSPS) is 10.8. The molecule has 3 rings (SSSR count). The smallest absolute Gasteiger partial charge is 0.346 e. The Kier molecular flexibility index (Phi) is 5.83. The highest BCUT2D eigenvalue weighted by atomic mass is 19.1. The van der Waals surface area contributed by atoms with Gasteiger partial charge in [-0.15, -0.1) is 0 Å². The number of benzene rings is 3. The van der Waals surface area contributed by atoms with E-state index in [1.807, 2.05) is 0 Å². The van der Waals surface area contributed by atoms with Crippen LogP contribution in [0, 0.1) is 17.1 Å². The van der Waals surface area contributed by atoms with E-state index in [1.54, 1.807) is 67.8 Å². The molecule has 0 spiro atoms. The maximum Gasteiger partial charge on any atom is 0.346 e. The van der Waals surface area contributed by atoms with E-state index in [-0.39, 0.29) is 11.3 Å². The van der Waals surface area contributed by atoms with Crippen molar-refractivity contribution >= 4 is 17.6 Å². The Morgan fingerprint density at radius 3 is 2.43 bits per heavy atom. The Labute approximate surface area is 162 Å². The maximum atomic E-state index is 13.7. The van der Waals surface area contributed by atoms with Gasteiger partial charge >= 0.3 is 5.97 Å². The summed E-state index contributed by atoms with van der Waals surface area (Å²) in [6.07, 6.45) is 1.68. The molecule has 28 heavy (non-hydrogen) atoms. The zero-order valence-corrected chi connectivity index (χ0v) is 15.1. The molecule has 0 bridgehead atoms. The number of nitriles is 1. The molecule has 0 radical (unpaired) electrons. The summed E-state index contributed by atoms with van der Waals surface area (Å²) in [5, 5.41) is 9.48. The quantitative estimate of drug-likeness (QED) is 0.270. The molecule has 0 heterocycles. The van der Waals surface area contributed by atoms with Gasteiger partial charge in [-0.1, -0.05) is 24.3 Å². The standard InChI is InChI=1S/C23H16FNO3/c1-27-19-11-9-17(10-12-19)18(15-25)13-16-5-4-6-20(14-16)28-23(26)21-7-2-3-8-22(21)24/h2-14H,1H3/b18-13-. The maximum absolute atomic E-state index is 13.7. The Balaban J connectivity index is 1.83. The number of hydrogen-bond acceptors (Lipinski definition) is 4. The van der Waals surface area contributed by atoms with Crippen molar-refractivity contribution in [2.75, 3.05) is 7.11 Å². The fourth-order valence-electron chi connectivity index (χ4n) is 2.57. The van der Waals surface area contributed by atoms with E-state index in [0.29, 0.717) is 16.9 Å². The second-order valence-electron chi connectivity index (χ2n) is 5.84. The Hall–Kier alpha value is -3.91. The fraction of sp³-hybridized carbons (Fsp3) is 0.0435. The number of allylic oxidation sites excluding steroid dienone is 1. The Morgan fingerprint density at radius 2 is 1.75 bits per heavy atom. The lowest BCUT2D eigenvalue weighted by atomic mass is 10.0. The largest absolute Gasteiger partial charge is 0.497 e. The van der Waals surface area contributed by atoms with Gasteiger partial charge in [-0.2, -0.15) is 5.26 Å². The van der Waals surface area contributed by atoms with Crippen molar-refractivity contribution < 1.29 is 18.7 Å². The predicted octanol–water partition coefficient (Wildman–Crippen LogP) is 5.12. The third kappa shape index (κ3) is 4.43. The summed E-state index contributed by atoms with van der Waals surface area (Å²) in [6.45, 7) is 0. The molecular formula is C23H16FNO3. The van der Waals surface area contributed by atoms with Crippen LogP contribution in [0.5, 0.6) is 11.5 Å². The van der Waals surface area contributed by atoms with E-state index in [1.165, 1.54) is 18.2 Å². The molecule has 0 aliphatic heterocycles. The van der Waals surface area contributed by atoms with Gasteiger partial charge in [0.2, 0.25) is 0 Å². The summed E-state index contributed by atoms with van der Waals surface area (Å²) >= 11 is 0. The van der Waals surface area contributed by atoms with Gasteiger partial charge in [-0.25, -0.2) is 9.18 Å². The minimum Gasteiger partial charge on any atom is -0.497 e. The first kappa shape index (κ1) is 18.9. The van der Waals surface area contributed by atoms with Gasteiger partial charge in [-0.05, 0) is 65.7 Å². The second kappa shape index (κ2) is 8.65. The molecule has 0 aliphatic rings. The Morgan fingerprint density at radius 1 is 1.00 bits per heavy atom. The minimum atomic E-state index is -0.783. The van der Waals surface area contributed by atoms with Crippen LogP contribution >= 0.6 is 0 Å².